The molecule has 0 saturated heterocycles. The molecular weight excluding hydrogens is 306 g/mol. The van der Waals surface area contributed by atoms with E-state index in [4.69, 9.17) is 4.74 Å². The van der Waals surface area contributed by atoms with Crippen LogP contribution < -0.4 is 15.4 Å². The minimum Gasteiger partial charge on any atom is -0.482 e. The van der Waals surface area contributed by atoms with Crippen LogP contribution in [0, 0.1) is 0 Å². The SMILES string of the molecule is O=C1COc2ccc(CNC(=O)c3cc4ccccc4[nH]3)cc2N1. The van der Waals surface area contributed by atoms with E-state index in [9.17, 15) is 9.59 Å². The van der Waals surface area contributed by atoms with Crippen molar-refractivity contribution in [2.75, 3.05) is 11.9 Å². The number of hydrogen-bond donors (Lipinski definition) is 3. The Balaban J connectivity index is 1.47. The molecule has 1 aromatic heterocycles. The van der Waals surface area contributed by atoms with Crippen molar-refractivity contribution in [2.45, 2.75) is 6.54 Å². The van der Waals surface area contributed by atoms with E-state index in [0.29, 0.717) is 23.7 Å². The molecule has 0 saturated carbocycles. The molecule has 2 amide bonds. The molecule has 6 heteroatoms. The maximum absolute atomic E-state index is 12.3. The van der Waals surface area contributed by atoms with Crippen LogP contribution in [-0.4, -0.2) is 23.4 Å². The van der Waals surface area contributed by atoms with E-state index in [2.05, 4.69) is 15.6 Å². The number of aromatic amines is 1. The summed E-state index contributed by atoms with van der Waals surface area (Å²) < 4.78 is 5.31. The van der Waals surface area contributed by atoms with Gasteiger partial charge in [0.15, 0.2) is 6.61 Å². The number of nitrogens with one attached hydrogen (secondary N) is 3. The number of amides is 2. The van der Waals surface area contributed by atoms with Gasteiger partial charge in [0.05, 0.1) is 5.69 Å². The van der Waals surface area contributed by atoms with Crippen LogP contribution in [0.25, 0.3) is 10.9 Å². The number of para-hydroxylation sites is 1. The van der Waals surface area contributed by atoms with Crippen molar-refractivity contribution in [2.24, 2.45) is 0 Å². The molecule has 2 heterocycles. The molecule has 0 spiro atoms. The third-order valence-corrected chi connectivity index (χ3v) is 3.90. The lowest BCUT2D eigenvalue weighted by Gasteiger charge is -2.18. The number of carbonyl (C=O) groups excluding carboxylic acids is 2. The van der Waals surface area contributed by atoms with Gasteiger partial charge in [-0.15, -0.1) is 0 Å². The van der Waals surface area contributed by atoms with Crippen LogP contribution in [0.5, 0.6) is 5.75 Å². The Labute approximate surface area is 137 Å². The van der Waals surface area contributed by atoms with E-state index in [-0.39, 0.29) is 18.4 Å². The molecule has 24 heavy (non-hydrogen) atoms. The molecule has 0 bridgehead atoms. The van der Waals surface area contributed by atoms with Crippen LogP contribution >= 0.6 is 0 Å². The summed E-state index contributed by atoms with van der Waals surface area (Å²) in [6.45, 7) is 0.390. The second kappa shape index (κ2) is 5.73. The zero-order chi connectivity index (χ0) is 16.5. The van der Waals surface area contributed by atoms with E-state index >= 15 is 0 Å². The van der Waals surface area contributed by atoms with Crippen molar-refractivity contribution in [3.63, 3.8) is 0 Å². The zero-order valence-electron chi connectivity index (χ0n) is 12.8. The average molecular weight is 321 g/mol. The fourth-order valence-electron chi connectivity index (χ4n) is 2.71. The molecule has 6 nitrogen and oxygen atoms in total. The third-order valence-electron chi connectivity index (χ3n) is 3.90. The minimum absolute atomic E-state index is 0.0312. The van der Waals surface area contributed by atoms with E-state index < -0.39 is 0 Å². The van der Waals surface area contributed by atoms with Gasteiger partial charge in [0.25, 0.3) is 11.8 Å². The Morgan fingerprint density at radius 1 is 1.17 bits per heavy atom. The predicted molar refractivity (Wildman–Crippen MR) is 90.0 cm³/mol. The maximum Gasteiger partial charge on any atom is 0.267 e. The Kier molecular flexibility index (Phi) is 3.42. The summed E-state index contributed by atoms with van der Waals surface area (Å²) in [5.41, 5.74) is 2.95. The molecule has 0 unspecified atom stereocenters. The van der Waals surface area contributed by atoms with Crippen LogP contribution in [0.15, 0.2) is 48.5 Å². The molecule has 0 atom stereocenters. The number of aromatic nitrogens is 1. The quantitative estimate of drug-likeness (QED) is 0.693. The molecule has 0 radical (unpaired) electrons. The summed E-state index contributed by atoms with van der Waals surface area (Å²) in [6.07, 6.45) is 0. The van der Waals surface area contributed by atoms with Gasteiger partial charge >= 0.3 is 0 Å². The summed E-state index contributed by atoms with van der Waals surface area (Å²) in [5.74, 6) is 0.284. The first-order valence-corrected chi connectivity index (χ1v) is 7.60. The first-order chi connectivity index (χ1) is 11.7. The lowest BCUT2D eigenvalue weighted by Crippen LogP contribution is -2.26. The average Bonchev–Trinajstić information content (AvgIpc) is 3.03. The molecule has 120 valence electrons. The van der Waals surface area contributed by atoms with Gasteiger partial charge in [0, 0.05) is 17.4 Å². The molecule has 3 aromatic rings. The smallest absolute Gasteiger partial charge is 0.267 e. The van der Waals surface area contributed by atoms with Crippen molar-refractivity contribution in [3.8, 4) is 5.75 Å². The van der Waals surface area contributed by atoms with Gasteiger partial charge < -0.3 is 20.4 Å². The van der Waals surface area contributed by atoms with Crippen molar-refractivity contribution < 1.29 is 14.3 Å². The number of carbonyl (C=O) groups is 2. The van der Waals surface area contributed by atoms with Crippen LogP contribution in [-0.2, 0) is 11.3 Å². The molecule has 4 rings (SSSR count). The normalized spacial score (nSPS) is 13.1. The van der Waals surface area contributed by atoms with E-state index in [1.807, 2.05) is 36.4 Å². The summed E-state index contributed by atoms with van der Waals surface area (Å²) in [5, 5.41) is 6.62. The van der Waals surface area contributed by atoms with Gasteiger partial charge in [-0.25, -0.2) is 0 Å². The van der Waals surface area contributed by atoms with Crippen molar-refractivity contribution in [1.82, 2.24) is 10.3 Å². The highest BCUT2D eigenvalue weighted by molar-refractivity contribution is 5.98. The van der Waals surface area contributed by atoms with Crippen LogP contribution in [0.4, 0.5) is 5.69 Å². The number of fused-ring (bicyclic) bond motifs is 2. The van der Waals surface area contributed by atoms with Crippen molar-refractivity contribution >= 4 is 28.4 Å². The summed E-state index contributed by atoms with van der Waals surface area (Å²) in [4.78, 5) is 26.8. The van der Waals surface area contributed by atoms with E-state index in [1.54, 1.807) is 12.1 Å². The first-order valence-electron chi connectivity index (χ1n) is 7.60. The summed E-state index contributed by atoms with van der Waals surface area (Å²) >= 11 is 0. The monoisotopic (exact) mass is 321 g/mol. The van der Waals surface area contributed by atoms with Gasteiger partial charge in [-0.3, -0.25) is 9.59 Å². The topological polar surface area (TPSA) is 83.2 Å². The highest BCUT2D eigenvalue weighted by Crippen LogP contribution is 2.28. The minimum atomic E-state index is -0.179. The van der Waals surface area contributed by atoms with Crippen molar-refractivity contribution in [1.29, 1.82) is 0 Å². The van der Waals surface area contributed by atoms with Gasteiger partial charge in [0.2, 0.25) is 0 Å². The second-order valence-corrected chi connectivity index (χ2v) is 5.62. The van der Waals surface area contributed by atoms with Crippen LogP contribution in [0.2, 0.25) is 0 Å². The number of rotatable bonds is 3. The molecule has 1 aliphatic heterocycles. The Bertz CT molecular complexity index is 913. The fraction of sp³-hybridized carbons (Fsp3) is 0.111. The summed E-state index contributed by atoms with van der Waals surface area (Å²) in [7, 11) is 0. The number of anilines is 1. The largest absolute Gasteiger partial charge is 0.482 e. The Morgan fingerprint density at radius 3 is 2.92 bits per heavy atom. The number of ether oxygens (including phenoxy) is 1. The highest BCUT2D eigenvalue weighted by atomic mass is 16.5. The van der Waals surface area contributed by atoms with Gasteiger partial charge in [-0.2, -0.15) is 0 Å². The van der Waals surface area contributed by atoms with E-state index in [0.717, 1.165) is 16.5 Å². The number of benzene rings is 2. The Morgan fingerprint density at radius 2 is 2.04 bits per heavy atom. The molecular formula is C18H15N3O3. The van der Waals surface area contributed by atoms with Crippen LogP contribution in [0.1, 0.15) is 16.1 Å². The molecule has 2 aromatic carbocycles. The van der Waals surface area contributed by atoms with Crippen molar-refractivity contribution in [3.05, 3.63) is 59.8 Å². The lowest BCUT2D eigenvalue weighted by atomic mass is 10.1. The van der Waals surface area contributed by atoms with E-state index in [1.165, 1.54) is 0 Å². The molecule has 3 N–H and O–H groups in total. The summed E-state index contributed by atoms with van der Waals surface area (Å²) in [6, 6.07) is 15.0. The first kappa shape index (κ1) is 14.3. The van der Waals surface area contributed by atoms with Gasteiger partial charge in [-0.1, -0.05) is 24.3 Å². The predicted octanol–water partition coefficient (Wildman–Crippen LogP) is 2.43. The third kappa shape index (κ3) is 2.69. The maximum atomic E-state index is 12.3. The zero-order valence-corrected chi connectivity index (χ0v) is 12.8. The van der Waals surface area contributed by atoms with Crippen LogP contribution in [0.3, 0.4) is 0 Å². The Hall–Kier alpha value is -3.28. The molecule has 0 fully saturated rings. The standard InChI is InChI=1S/C18H15N3O3/c22-17-10-24-16-6-5-11(7-14(16)21-17)9-19-18(23)15-8-12-3-1-2-4-13(12)20-15/h1-8,20H,9-10H2,(H,19,23)(H,21,22). The second-order valence-electron chi connectivity index (χ2n) is 5.62. The molecule has 0 aliphatic carbocycles. The molecule has 1 aliphatic rings. The lowest BCUT2D eigenvalue weighted by molar-refractivity contribution is -0.118. The van der Waals surface area contributed by atoms with Gasteiger partial charge in [-0.05, 0) is 29.8 Å². The fourth-order valence-corrected chi connectivity index (χ4v) is 2.71. The highest BCUT2D eigenvalue weighted by Gasteiger charge is 2.16. The number of hydrogen-bond acceptors (Lipinski definition) is 3. The van der Waals surface area contributed by atoms with Gasteiger partial charge in [0.1, 0.15) is 11.4 Å². The number of H-pyrrole nitrogens is 1.